The van der Waals surface area contributed by atoms with Crippen LogP contribution in [0.1, 0.15) is 24.0 Å². The minimum Gasteiger partial charge on any atom is -0.108 e. The summed E-state index contributed by atoms with van der Waals surface area (Å²) in [6.07, 6.45) is 4.68. The van der Waals surface area contributed by atoms with Crippen LogP contribution < -0.4 is 0 Å². The highest BCUT2D eigenvalue weighted by atomic mass is 32.2. The van der Waals surface area contributed by atoms with E-state index in [0.717, 1.165) is 27.9 Å². The van der Waals surface area contributed by atoms with Gasteiger partial charge in [0, 0.05) is 0 Å². The lowest BCUT2D eigenvalue weighted by molar-refractivity contribution is 0.935. The van der Waals surface area contributed by atoms with Crippen molar-refractivity contribution in [1.82, 2.24) is 0 Å². The predicted octanol–water partition coefficient (Wildman–Crippen LogP) is 6.00. The molecule has 0 aliphatic rings. The molecule has 0 heterocycles. The molecule has 0 fully saturated rings. The number of thiocarbonyl (C=S) groups is 1. The van der Waals surface area contributed by atoms with Gasteiger partial charge in [-0.1, -0.05) is 72.9 Å². The lowest BCUT2D eigenvalue weighted by atomic mass is 10.1. The van der Waals surface area contributed by atoms with Gasteiger partial charge in [0.15, 0.2) is 0 Å². The van der Waals surface area contributed by atoms with Crippen molar-refractivity contribution in [2.75, 3.05) is 11.5 Å². The molecule has 0 N–H and O–H groups in total. The van der Waals surface area contributed by atoms with Gasteiger partial charge in [0.2, 0.25) is 0 Å². The second-order valence-electron chi connectivity index (χ2n) is 5.13. The maximum atomic E-state index is 5.44. The van der Waals surface area contributed by atoms with E-state index in [1.165, 1.54) is 24.0 Å². The molecule has 0 spiro atoms. The van der Waals surface area contributed by atoms with Crippen molar-refractivity contribution in [3.05, 3.63) is 71.8 Å². The topological polar surface area (TPSA) is 0 Å². The van der Waals surface area contributed by atoms with Gasteiger partial charge in [0.1, 0.15) is 3.53 Å². The third-order valence-corrected chi connectivity index (χ3v) is 6.22. The van der Waals surface area contributed by atoms with Crippen LogP contribution in [-0.2, 0) is 12.8 Å². The Morgan fingerprint density at radius 1 is 0.682 bits per heavy atom. The summed E-state index contributed by atoms with van der Waals surface area (Å²) in [5.41, 5.74) is 2.84. The fraction of sp³-hybridized carbons (Fsp3) is 0.316. The lowest BCUT2D eigenvalue weighted by Crippen LogP contribution is -1.92. The molecule has 116 valence electrons. The van der Waals surface area contributed by atoms with Gasteiger partial charge in [-0.15, -0.1) is 23.5 Å². The third kappa shape index (κ3) is 7.48. The Morgan fingerprint density at radius 3 is 1.50 bits per heavy atom. The summed E-state index contributed by atoms with van der Waals surface area (Å²) < 4.78 is 1.10. The van der Waals surface area contributed by atoms with Gasteiger partial charge in [-0.3, -0.25) is 0 Å². The fourth-order valence-corrected chi connectivity index (χ4v) is 4.44. The molecule has 0 bridgehead atoms. The smallest absolute Gasteiger partial charge is 0.104 e. The molecule has 0 aliphatic carbocycles. The highest BCUT2D eigenvalue weighted by Crippen LogP contribution is 2.20. The van der Waals surface area contributed by atoms with Crippen LogP contribution in [0.25, 0.3) is 0 Å². The van der Waals surface area contributed by atoms with E-state index in [0.29, 0.717) is 0 Å². The summed E-state index contributed by atoms with van der Waals surface area (Å²) >= 11 is 9.11. The first-order chi connectivity index (χ1) is 10.8. The molecule has 22 heavy (non-hydrogen) atoms. The van der Waals surface area contributed by atoms with Crippen LogP contribution >= 0.6 is 35.7 Å². The summed E-state index contributed by atoms with van der Waals surface area (Å²) in [5, 5.41) is 0. The summed E-state index contributed by atoms with van der Waals surface area (Å²) in [6, 6.07) is 21.3. The molecule has 2 aromatic rings. The lowest BCUT2D eigenvalue weighted by Gasteiger charge is -2.04. The van der Waals surface area contributed by atoms with E-state index in [-0.39, 0.29) is 0 Å². The fourth-order valence-electron chi connectivity index (χ4n) is 2.19. The SMILES string of the molecule is S=C(SCCCc1ccccc1)SCCCc1ccccc1. The minimum absolute atomic E-state index is 1.10. The van der Waals surface area contributed by atoms with Crippen LogP contribution in [-0.4, -0.2) is 15.0 Å². The highest BCUT2D eigenvalue weighted by Gasteiger charge is 2.00. The summed E-state index contributed by atoms with van der Waals surface area (Å²) in [7, 11) is 0. The first kappa shape index (κ1) is 17.6. The normalized spacial score (nSPS) is 10.5. The van der Waals surface area contributed by atoms with Crippen molar-refractivity contribution in [2.24, 2.45) is 0 Å². The molecule has 0 radical (unpaired) electrons. The molecule has 0 saturated heterocycles. The van der Waals surface area contributed by atoms with Gasteiger partial charge in [-0.05, 0) is 48.3 Å². The van der Waals surface area contributed by atoms with Crippen molar-refractivity contribution in [2.45, 2.75) is 25.7 Å². The monoisotopic (exact) mass is 346 g/mol. The van der Waals surface area contributed by atoms with Gasteiger partial charge in [-0.2, -0.15) is 0 Å². The van der Waals surface area contributed by atoms with Gasteiger partial charge in [0.05, 0.1) is 0 Å². The maximum absolute atomic E-state index is 5.44. The van der Waals surface area contributed by atoms with E-state index in [9.17, 15) is 0 Å². The van der Waals surface area contributed by atoms with E-state index < -0.39 is 0 Å². The Hall–Kier alpha value is -0.770. The predicted molar refractivity (Wildman–Crippen MR) is 107 cm³/mol. The summed E-state index contributed by atoms with van der Waals surface area (Å²) in [4.78, 5) is 0. The van der Waals surface area contributed by atoms with Crippen LogP contribution in [0.4, 0.5) is 0 Å². The molecule has 0 atom stereocenters. The van der Waals surface area contributed by atoms with E-state index in [4.69, 9.17) is 12.2 Å². The largest absolute Gasteiger partial charge is 0.108 e. The van der Waals surface area contributed by atoms with Crippen LogP contribution in [0, 0.1) is 0 Å². The van der Waals surface area contributed by atoms with E-state index in [1.807, 2.05) is 23.5 Å². The highest BCUT2D eigenvalue weighted by molar-refractivity contribution is 8.47. The van der Waals surface area contributed by atoms with Crippen LogP contribution in [0.3, 0.4) is 0 Å². The average molecular weight is 347 g/mol. The number of thioether (sulfide) groups is 2. The standard InChI is InChI=1S/C19H22S3/c20-19(21-15-7-13-17-9-3-1-4-10-17)22-16-8-14-18-11-5-2-6-12-18/h1-6,9-12H,7-8,13-16H2. The van der Waals surface area contributed by atoms with Crippen molar-refractivity contribution >= 4 is 39.3 Å². The Bertz CT molecular complexity index is 488. The first-order valence-electron chi connectivity index (χ1n) is 7.72. The van der Waals surface area contributed by atoms with Crippen LogP contribution in [0.2, 0.25) is 0 Å². The van der Waals surface area contributed by atoms with Crippen LogP contribution in [0.15, 0.2) is 60.7 Å². The Kier molecular flexibility index (Phi) is 8.69. The summed E-state index contributed by atoms with van der Waals surface area (Å²) in [6.45, 7) is 0. The molecule has 2 rings (SSSR count). The molecule has 0 aromatic heterocycles. The Balaban J connectivity index is 1.49. The third-order valence-electron chi connectivity index (χ3n) is 3.35. The van der Waals surface area contributed by atoms with Gasteiger partial charge >= 0.3 is 0 Å². The molecule has 0 aliphatic heterocycles. The quantitative estimate of drug-likeness (QED) is 0.425. The van der Waals surface area contributed by atoms with E-state index in [2.05, 4.69) is 60.7 Å². The molecule has 0 amide bonds. The van der Waals surface area contributed by atoms with Gasteiger partial charge in [-0.25, -0.2) is 0 Å². The molecule has 0 nitrogen and oxygen atoms in total. The number of aryl methyl sites for hydroxylation is 2. The minimum atomic E-state index is 1.10. The molecular weight excluding hydrogens is 324 g/mol. The number of hydrogen-bond donors (Lipinski definition) is 0. The second-order valence-corrected chi connectivity index (χ2v) is 8.52. The first-order valence-corrected chi connectivity index (χ1v) is 10.1. The number of rotatable bonds is 8. The average Bonchev–Trinajstić information content (AvgIpc) is 2.57. The molecule has 2 aromatic carbocycles. The zero-order valence-corrected chi connectivity index (χ0v) is 15.2. The van der Waals surface area contributed by atoms with Crippen molar-refractivity contribution < 1.29 is 0 Å². The summed E-state index contributed by atoms with van der Waals surface area (Å²) in [5.74, 6) is 2.25. The molecular formula is C19H22S3. The molecule has 0 saturated carbocycles. The van der Waals surface area contributed by atoms with E-state index >= 15 is 0 Å². The zero-order chi connectivity index (χ0) is 15.5. The van der Waals surface area contributed by atoms with Crippen molar-refractivity contribution in [1.29, 1.82) is 0 Å². The number of benzene rings is 2. The van der Waals surface area contributed by atoms with Crippen molar-refractivity contribution in [3.63, 3.8) is 0 Å². The maximum Gasteiger partial charge on any atom is 0.104 e. The Labute approximate surface area is 148 Å². The second kappa shape index (κ2) is 10.9. The zero-order valence-electron chi connectivity index (χ0n) is 12.7. The molecule has 0 unspecified atom stereocenters. The number of hydrogen-bond acceptors (Lipinski definition) is 3. The Morgan fingerprint density at radius 2 is 1.09 bits per heavy atom. The van der Waals surface area contributed by atoms with E-state index in [1.54, 1.807) is 0 Å². The van der Waals surface area contributed by atoms with Crippen molar-refractivity contribution in [3.8, 4) is 0 Å². The molecule has 3 heteroatoms. The van der Waals surface area contributed by atoms with Crippen LogP contribution in [0.5, 0.6) is 0 Å². The van der Waals surface area contributed by atoms with Gasteiger partial charge in [0.25, 0.3) is 0 Å². The van der Waals surface area contributed by atoms with Gasteiger partial charge < -0.3 is 0 Å².